The number of aryl methyl sites for hydroxylation is 1. The third-order valence-electron chi connectivity index (χ3n) is 6.23. The van der Waals surface area contributed by atoms with E-state index in [1.54, 1.807) is 24.3 Å². The first kappa shape index (κ1) is 29.1. The van der Waals surface area contributed by atoms with Crippen LogP contribution in [-0.4, -0.2) is 34.5 Å². The van der Waals surface area contributed by atoms with E-state index in [2.05, 4.69) is 10.3 Å². The van der Waals surface area contributed by atoms with Crippen molar-refractivity contribution in [2.75, 3.05) is 6.61 Å². The highest BCUT2D eigenvalue weighted by Gasteiger charge is 2.20. The Hall–Kier alpha value is -4.86. The molecule has 1 heterocycles. The van der Waals surface area contributed by atoms with Crippen molar-refractivity contribution in [3.05, 3.63) is 119 Å². The van der Waals surface area contributed by atoms with Gasteiger partial charge in [-0.15, -0.1) is 0 Å². The molecule has 0 saturated carbocycles. The molecule has 0 radical (unpaired) electrons. The number of hydrogen-bond donors (Lipinski definition) is 2. The Morgan fingerprint density at radius 3 is 2.41 bits per heavy atom. The molecule has 1 unspecified atom stereocenters. The van der Waals surface area contributed by atoms with E-state index in [0.717, 1.165) is 29.2 Å². The molecular formula is C31H27F3N2O5. The molecule has 2 N–H and O–H groups in total. The average Bonchev–Trinajstić information content (AvgIpc) is 3.32. The number of aliphatic carboxylic acids is 1. The number of ether oxygens (including phenoxy) is 1. The quantitative estimate of drug-likeness (QED) is 0.123. The van der Waals surface area contributed by atoms with E-state index >= 15 is 0 Å². The van der Waals surface area contributed by atoms with Crippen molar-refractivity contribution in [1.29, 1.82) is 0 Å². The van der Waals surface area contributed by atoms with Crippen LogP contribution in [-0.2, 0) is 17.6 Å². The van der Waals surface area contributed by atoms with E-state index in [9.17, 15) is 27.9 Å². The summed E-state index contributed by atoms with van der Waals surface area (Å²) < 4.78 is 52.1. The molecular weight excluding hydrogens is 537 g/mol. The number of allylic oxidation sites excluding steroid dienone is 2. The SMILES string of the molecule is C/C(=C/C(=O)c1ccc(F)c(F)c1F)NC(Cc1ccc(OCCc2nc(-c3ccccc3)oc2C)cc1)C(=O)O. The van der Waals surface area contributed by atoms with E-state index in [-0.39, 0.29) is 12.1 Å². The summed E-state index contributed by atoms with van der Waals surface area (Å²) in [4.78, 5) is 28.7. The minimum Gasteiger partial charge on any atom is -0.493 e. The Balaban J connectivity index is 1.32. The molecule has 212 valence electrons. The van der Waals surface area contributed by atoms with Gasteiger partial charge in [0.05, 0.1) is 17.9 Å². The number of oxazole rings is 1. The number of carbonyl (C=O) groups is 2. The van der Waals surface area contributed by atoms with E-state index in [0.29, 0.717) is 36.3 Å². The topological polar surface area (TPSA) is 102 Å². The summed E-state index contributed by atoms with van der Waals surface area (Å²) >= 11 is 0. The normalized spacial score (nSPS) is 12.2. The summed E-state index contributed by atoms with van der Waals surface area (Å²) in [7, 11) is 0. The maximum Gasteiger partial charge on any atom is 0.326 e. The fraction of sp³-hybridized carbons (Fsp3) is 0.194. The van der Waals surface area contributed by atoms with E-state index in [4.69, 9.17) is 9.15 Å². The van der Waals surface area contributed by atoms with Crippen LogP contribution in [0.5, 0.6) is 5.75 Å². The summed E-state index contributed by atoms with van der Waals surface area (Å²) in [5.41, 5.74) is 1.82. The van der Waals surface area contributed by atoms with Crippen molar-refractivity contribution in [2.45, 2.75) is 32.7 Å². The van der Waals surface area contributed by atoms with Gasteiger partial charge in [0.15, 0.2) is 23.2 Å². The molecule has 0 aliphatic rings. The van der Waals surface area contributed by atoms with Gasteiger partial charge in [-0.2, -0.15) is 0 Å². The number of benzene rings is 3. The molecule has 0 amide bonds. The fourth-order valence-electron chi connectivity index (χ4n) is 4.09. The highest BCUT2D eigenvalue weighted by molar-refractivity contribution is 6.05. The number of carbonyl (C=O) groups excluding carboxylic acids is 1. The lowest BCUT2D eigenvalue weighted by Crippen LogP contribution is -2.37. The summed E-state index contributed by atoms with van der Waals surface area (Å²) in [6.45, 7) is 3.63. The number of rotatable bonds is 12. The zero-order chi connectivity index (χ0) is 29.5. The minimum absolute atomic E-state index is 0.0644. The van der Waals surface area contributed by atoms with Crippen LogP contribution in [0.3, 0.4) is 0 Å². The predicted octanol–water partition coefficient (Wildman–Crippen LogP) is 6.06. The second-order valence-corrected chi connectivity index (χ2v) is 9.28. The van der Waals surface area contributed by atoms with E-state index in [1.165, 1.54) is 6.92 Å². The number of hydrogen-bond acceptors (Lipinski definition) is 6. The number of nitrogens with one attached hydrogen (secondary N) is 1. The maximum absolute atomic E-state index is 13.9. The molecule has 0 saturated heterocycles. The van der Waals surface area contributed by atoms with Gasteiger partial charge in [-0.1, -0.05) is 30.3 Å². The Bertz CT molecular complexity index is 1570. The van der Waals surface area contributed by atoms with E-state index < -0.39 is 40.8 Å². The van der Waals surface area contributed by atoms with Crippen molar-refractivity contribution < 1.29 is 37.0 Å². The van der Waals surface area contributed by atoms with Crippen molar-refractivity contribution >= 4 is 11.8 Å². The largest absolute Gasteiger partial charge is 0.493 e. The van der Waals surface area contributed by atoms with Gasteiger partial charge in [0.2, 0.25) is 5.89 Å². The molecule has 4 aromatic rings. The zero-order valence-electron chi connectivity index (χ0n) is 22.3. The molecule has 0 spiro atoms. The van der Waals surface area contributed by atoms with Gasteiger partial charge in [-0.3, -0.25) is 4.79 Å². The van der Waals surface area contributed by atoms with Crippen molar-refractivity contribution in [1.82, 2.24) is 10.3 Å². The van der Waals surface area contributed by atoms with Crippen LogP contribution in [0.15, 0.2) is 82.9 Å². The monoisotopic (exact) mass is 564 g/mol. The molecule has 0 aliphatic carbocycles. The van der Waals surface area contributed by atoms with Gasteiger partial charge in [-0.05, 0) is 55.8 Å². The first-order valence-corrected chi connectivity index (χ1v) is 12.7. The first-order valence-electron chi connectivity index (χ1n) is 12.7. The lowest BCUT2D eigenvalue weighted by Gasteiger charge is -2.16. The van der Waals surface area contributed by atoms with Crippen LogP contribution in [0.1, 0.15) is 34.3 Å². The van der Waals surface area contributed by atoms with Crippen LogP contribution in [0.2, 0.25) is 0 Å². The zero-order valence-corrected chi connectivity index (χ0v) is 22.3. The van der Waals surface area contributed by atoms with Gasteiger partial charge in [0.25, 0.3) is 0 Å². The van der Waals surface area contributed by atoms with Gasteiger partial charge in [0, 0.05) is 30.2 Å². The number of aromatic nitrogens is 1. The number of halogens is 3. The number of carboxylic acid groups (broad SMARTS) is 1. The van der Waals surface area contributed by atoms with Crippen molar-refractivity contribution in [2.24, 2.45) is 0 Å². The molecule has 41 heavy (non-hydrogen) atoms. The summed E-state index contributed by atoms with van der Waals surface area (Å²) in [5, 5.41) is 12.4. The smallest absolute Gasteiger partial charge is 0.326 e. The minimum atomic E-state index is -1.75. The molecule has 10 heteroatoms. The first-order chi connectivity index (χ1) is 19.6. The van der Waals surface area contributed by atoms with Crippen LogP contribution >= 0.6 is 0 Å². The Morgan fingerprint density at radius 1 is 1.02 bits per heavy atom. The molecule has 1 atom stereocenters. The third-order valence-corrected chi connectivity index (χ3v) is 6.23. The highest BCUT2D eigenvalue weighted by Crippen LogP contribution is 2.22. The lowest BCUT2D eigenvalue weighted by atomic mass is 10.0. The molecule has 4 rings (SSSR count). The fourth-order valence-corrected chi connectivity index (χ4v) is 4.09. The molecule has 1 aromatic heterocycles. The summed E-state index contributed by atoms with van der Waals surface area (Å²) in [6.07, 6.45) is 1.53. The van der Waals surface area contributed by atoms with Gasteiger partial charge >= 0.3 is 5.97 Å². The summed E-state index contributed by atoms with van der Waals surface area (Å²) in [6, 6.07) is 16.8. The number of carboxylic acids is 1. The predicted molar refractivity (Wildman–Crippen MR) is 145 cm³/mol. The van der Waals surface area contributed by atoms with Crippen LogP contribution in [0, 0.1) is 24.4 Å². The molecule has 0 aliphatic heterocycles. The number of nitrogens with zero attached hydrogens (tertiary/aromatic N) is 1. The molecule has 0 fully saturated rings. The van der Waals surface area contributed by atoms with Crippen LogP contribution in [0.25, 0.3) is 11.5 Å². The maximum atomic E-state index is 13.9. The van der Waals surface area contributed by atoms with Crippen molar-refractivity contribution in [3.63, 3.8) is 0 Å². The Morgan fingerprint density at radius 2 is 1.73 bits per heavy atom. The third kappa shape index (κ3) is 7.42. The van der Waals surface area contributed by atoms with Gasteiger partial charge in [-0.25, -0.2) is 22.9 Å². The van der Waals surface area contributed by atoms with Crippen LogP contribution in [0.4, 0.5) is 13.2 Å². The van der Waals surface area contributed by atoms with Gasteiger partial charge in [0.1, 0.15) is 17.6 Å². The Kier molecular flexibility index (Phi) is 9.23. The average molecular weight is 565 g/mol. The standard InChI is InChI=1S/C31H27F3N2O5/c1-18(16-27(37)23-12-13-24(32)29(34)28(23)33)35-26(31(38)39)17-20-8-10-22(11-9-20)40-15-14-25-19(2)41-30(36-25)21-6-4-3-5-7-21/h3-13,16,26,35H,14-15,17H2,1-2H3,(H,38,39)/b18-16-. The van der Waals surface area contributed by atoms with Crippen molar-refractivity contribution in [3.8, 4) is 17.2 Å². The number of ketones is 1. The molecule has 0 bridgehead atoms. The van der Waals surface area contributed by atoms with Crippen LogP contribution < -0.4 is 10.1 Å². The summed E-state index contributed by atoms with van der Waals surface area (Å²) in [5.74, 6) is -5.03. The van der Waals surface area contributed by atoms with Gasteiger partial charge < -0.3 is 19.6 Å². The lowest BCUT2D eigenvalue weighted by molar-refractivity contribution is -0.139. The molecule has 3 aromatic carbocycles. The highest BCUT2D eigenvalue weighted by atomic mass is 19.2. The van der Waals surface area contributed by atoms with E-state index in [1.807, 2.05) is 37.3 Å². The molecule has 7 nitrogen and oxygen atoms in total. The Labute approximate surface area is 234 Å². The second kappa shape index (κ2) is 13.0. The second-order valence-electron chi connectivity index (χ2n) is 9.28.